The van der Waals surface area contributed by atoms with E-state index in [1.54, 1.807) is 0 Å². The van der Waals surface area contributed by atoms with E-state index in [9.17, 15) is 0 Å². The third-order valence-electron chi connectivity index (χ3n) is 1.91. The van der Waals surface area contributed by atoms with Crippen molar-refractivity contribution in [2.24, 2.45) is 10.8 Å². The van der Waals surface area contributed by atoms with Crippen molar-refractivity contribution in [2.45, 2.75) is 60.8 Å². The van der Waals surface area contributed by atoms with Gasteiger partial charge in [0.05, 0.1) is 0 Å². The fourth-order valence-corrected chi connectivity index (χ4v) is 2.54. The first kappa shape index (κ1) is 11.0. The molecule has 0 N–H and O–H groups in total. The van der Waals surface area contributed by atoms with Crippen LogP contribution in [-0.2, 0) is 0 Å². The molecule has 0 aromatic rings. The Hall–Kier alpha value is 0. The third-order valence-corrected chi connectivity index (χ3v) is 1.91. The molecule has 0 heteroatoms. The molecule has 0 heterocycles. The molecule has 11 heavy (non-hydrogen) atoms. The molecule has 0 bridgehead atoms. The van der Waals surface area contributed by atoms with Gasteiger partial charge in [-0.2, -0.15) is 0 Å². The van der Waals surface area contributed by atoms with Crippen LogP contribution >= 0.6 is 0 Å². The van der Waals surface area contributed by atoms with Gasteiger partial charge in [0.2, 0.25) is 0 Å². The van der Waals surface area contributed by atoms with E-state index in [1.165, 1.54) is 19.3 Å². The summed E-state index contributed by atoms with van der Waals surface area (Å²) in [6.45, 7) is 13.6. The highest BCUT2D eigenvalue weighted by atomic mass is 14.5. The van der Waals surface area contributed by atoms with Crippen molar-refractivity contribution in [2.75, 3.05) is 0 Å². The Morgan fingerprint density at radius 3 is 1.00 bits per heavy atom. The molecule has 0 saturated heterocycles. The van der Waals surface area contributed by atoms with E-state index in [0.717, 1.165) is 0 Å². The van der Waals surface area contributed by atoms with Crippen LogP contribution in [0.4, 0.5) is 0 Å². The van der Waals surface area contributed by atoms with Crippen LogP contribution in [0.25, 0.3) is 0 Å². The Morgan fingerprint density at radius 2 is 1.00 bits per heavy atom. The quantitative estimate of drug-likeness (QED) is 0.492. The van der Waals surface area contributed by atoms with Gasteiger partial charge < -0.3 is 0 Å². The molecule has 1 saturated carbocycles. The molecule has 1 rings (SSSR count). The van der Waals surface area contributed by atoms with Gasteiger partial charge in [0.1, 0.15) is 0 Å². The zero-order chi connectivity index (χ0) is 9.12. The zero-order valence-corrected chi connectivity index (χ0v) is 9.12. The second kappa shape index (κ2) is 3.60. The SMILES string of the molecule is CC1(C)CC(C)(C)C1.CCC. The lowest BCUT2D eigenvalue weighted by Gasteiger charge is -2.49. The van der Waals surface area contributed by atoms with Crippen molar-refractivity contribution in [3.05, 3.63) is 0 Å². The van der Waals surface area contributed by atoms with Crippen molar-refractivity contribution in [1.82, 2.24) is 0 Å². The topological polar surface area (TPSA) is 0 Å². The van der Waals surface area contributed by atoms with Crippen LogP contribution in [-0.4, -0.2) is 0 Å². The van der Waals surface area contributed by atoms with Gasteiger partial charge in [0.25, 0.3) is 0 Å². The first-order valence-electron chi connectivity index (χ1n) is 4.83. The van der Waals surface area contributed by atoms with Crippen LogP contribution < -0.4 is 0 Å². The molecule has 68 valence electrons. The maximum absolute atomic E-state index is 2.35. The predicted molar refractivity (Wildman–Crippen MR) is 52.8 cm³/mol. The first-order chi connectivity index (χ1) is 4.83. The summed E-state index contributed by atoms with van der Waals surface area (Å²) in [4.78, 5) is 0. The smallest absolute Gasteiger partial charge is 0.0344 e. The summed E-state index contributed by atoms with van der Waals surface area (Å²) in [5.74, 6) is 0. The Bertz CT molecular complexity index is 87.2. The second-order valence-corrected chi connectivity index (χ2v) is 5.39. The van der Waals surface area contributed by atoms with E-state index in [4.69, 9.17) is 0 Å². The molecule has 0 amide bonds. The zero-order valence-electron chi connectivity index (χ0n) is 9.12. The van der Waals surface area contributed by atoms with Gasteiger partial charge in [0.15, 0.2) is 0 Å². The lowest BCUT2D eigenvalue weighted by atomic mass is 9.56. The highest BCUT2D eigenvalue weighted by Crippen LogP contribution is 2.53. The number of hydrogen-bond acceptors (Lipinski definition) is 0. The highest BCUT2D eigenvalue weighted by Gasteiger charge is 2.41. The largest absolute Gasteiger partial charge is 0.0656 e. The molecular weight excluding hydrogens is 132 g/mol. The van der Waals surface area contributed by atoms with Crippen LogP contribution in [0.15, 0.2) is 0 Å². The fraction of sp³-hybridized carbons (Fsp3) is 1.00. The van der Waals surface area contributed by atoms with Crippen LogP contribution in [0, 0.1) is 10.8 Å². The molecule has 0 aromatic carbocycles. The highest BCUT2D eigenvalue weighted by molar-refractivity contribution is 4.92. The Morgan fingerprint density at radius 1 is 0.818 bits per heavy atom. The molecule has 0 aromatic heterocycles. The summed E-state index contributed by atoms with van der Waals surface area (Å²) in [5.41, 5.74) is 1.31. The van der Waals surface area contributed by atoms with Gasteiger partial charge in [0, 0.05) is 0 Å². The van der Waals surface area contributed by atoms with E-state index in [2.05, 4.69) is 41.5 Å². The average Bonchev–Trinajstić information content (AvgIpc) is 1.57. The summed E-state index contributed by atoms with van der Waals surface area (Å²) in [6.07, 6.45) is 4.06. The third kappa shape index (κ3) is 4.44. The Kier molecular flexibility index (Phi) is 3.60. The molecule has 0 unspecified atom stereocenters. The average molecular weight is 156 g/mol. The normalized spacial score (nSPS) is 24.5. The van der Waals surface area contributed by atoms with Crippen molar-refractivity contribution < 1.29 is 0 Å². The standard InChI is InChI=1S/C8H16.C3H8/c1-7(2)5-8(3,4)6-7;1-3-2/h5-6H2,1-4H3;3H2,1-2H3. The molecule has 0 radical (unpaired) electrons. The molecule has 0 spiro atoms. The van der Waals surface area contributed by atoms with Crippen molar-refractivity contribution >= 4 is 0 Å². The number of rotatable bonds is 0. The molecule has 0 aliphatic heterocycles. The summed E-state index contributed by atoms with van der Waals surface area (Å²) >= 11 is 0. The van der Waals surface area contributed by atoms with Crippen LogP contribution in [0.3, 0.4) is 0 Å². The van der Waals surface area contributed by atoms with Gasteiger partial charge in [-0.1, -0.05) is 48.0 Å². The minimum absolute atomic E-state index is 0.656. The van der Waals surface area contributed by atoms with E-state index < -0.39 is 0 Å². The van der Waals surface area contributed by atoms with E-state index >= 15 is 0 Å². The molecule has 1 aliphatic rings. The van der Waals surface area contributed by atoms with Crippen LogP contribution in [0.5, 0.6) is 0 Å². The monoisotopic (exact) mass is 156 g/mol. The summed E-state index contributed by atoms with van der Waals surface area (Å²) in [6, 6.07) is 0. The van der Waals surface area contributed by atoms with Gasteiger partial charge in [-0.3, -0.25) is 0 Å². The Labute approximate surface area is 72.4 Å². The molecular formula is C11H24. The lowest BCUT2D eigenvalue weighted by Crippen LogP contribution is -2.38. The molecule has 1 aliphatic carbocycles. The second-order valence-electron chi connectivity index (χ2n) is 5.39. The van der Waals surface area contributed by atoms with Crippen molar-refractivity contribution in [3.8, 4) is 0 Å². The van der Waals surface area contributed by atoms with E-state index in [1.807, 2.05) is 0 Å². The van der Waals surface area contributed by atoms with E-state index in [0.29, 0.717) is 10.8 Å². The first-order valence-corrected chi connectivity index (χ1v) is 4.83. The molecule has 0 nitrogen and oxygen atoms in total. The van der Waals surface area contributed by atoms with Gasteiger partial charge in [-0.25, -0.2) is 0 Å². The van der Waals surface area contributed by atoms with E-state index in [-0.39, 0.29) is 0 Å². The fourth-order valence-electron chi connectivity index (χ4n) is 2.54. The number of hydrogen-bond donors (Lipinski definition) is 0. The predicted octanol–water partition coefficient (Wildman–Crippen LogP) is 4.25. The van der Waals surface area contributed by atoms with Crippen molar-refractivity contribution in [1.29, 1.82) is 0 Å². The molecule has 0 atom stereocenters. The summed E-state index contributed by atoms with van der Waals surface area (Å²) in [5, 5.41) is 0. The minimum Gasteiger partial charge on any atom is -0.0656 e. The van der Waals surface area contributed by atoms with Crippen LogP contribution in [0.2, 0.25) is 0 Å². The summed E-state index contributed by atoms with van der Waals surface area (Å²) < 4.78 is 0. The van der Waals surface area contributed by atoms with Crippen LogP contribution in [0.1, 0.15) is 60.8 Å². The molecule has 1 fully saturated rings. The van der Waals surface area contributed by atoms with Gasteiger partial charge in [-0.05, 0) is 23.7 Å². The Balaban J connectivity index is 0.000000292. The van der Waals surface area contributed by atoms with Gasteiger partial charge >= 0.3 is 0 Å². The lowest BCUT2D eigenvalue weighted by molar-refractivity contribution is 0.0201. The van der Waals surface area contributed by atoms with Gasteiger partial charge in [-0.15, -0.1) is 0 Å². The minimum atomic E-state index is 0.656. The maximum Gasteiger partial charge on any atom is -0.0344 e. The summed E-state index contributed by atoms with van der Waals surface area (Å²) in [7, 11) is 0. The van der Waals surface area contributed by atoms with Crippen molar-refractivity contribution in [3.63, 3.8) is 0 Å². The maximum atomic E-state index is 2.35.